The maximum Gasteiger partial charge on any atom is 0.191 e. The fraction of sp³-hybridized carbons (Fsp3) is 0.421. The number of nitrogens with zero attached hydrogens (tertiary/aromatic N) is 1. The summed E-state index contributed by atoms with van der Waals surface area (Å²) in [5.41, 5.74) is 1.09. The Kier molecular flexibility index (Phi) is 6.20. The van der Waals surface area contributed by atoms with Gasteiger partial charge < -0.3 is 24.5 Å². The van der Waals surface area contributed by atoms with E-state index in [1.807, 2.05) is 30.3 Å². The summed E-state index contributed by atoms with van der Waals surface area (Å²) in [6, 6.07) is 9.88. The number of hydrogen-bond donors (Lipinski definition) is 2. The van der Waals surface area contributed by atoms with E-state index < -0.39 is 0 Å². The zero-order valence-corrected chi connectivity index (χ0v) is 14.6. The number of aliphatic imine (C=N–C) groups is 1. The number of furan rings is 1. The lowest BCUT2D eigenvalue weighted by molar-refractivity contribution is 0.297. The van der Waals surface area contributed by atoms with Crippen LogP contribution < -0.4 is 20.1 Å². The van der Waals surface area contributed by atoms with Gasteiger partial charge in [0, 0.05) is 25.9 Å². The number of guanidine groups is 1. The Morgan fingerprint density at radius 3 is 2.80 bits per heavy atom. The molecule has 0 spiro atoms. The Morgan fingerprint density at radius 1 is 1.12 bits per heavy atom. The van der Waals surface area contributed by atoms with E-state index in [9.17, 15) is 0 Å². The summed E-state index contributed by atoms with van der Waals surface area (Å²) in [4.78, 5) is 4.64. The molecular weight excluding hydrogens is 318 g/mol. The molecule has 1 aliphatic heterocycles. The Hall–Kier alpha value is -2.63. The summed E-state index contributed by atoms with van der Waals surface area (Å²) in [7, 11) is 0. The molecule has 0 unspecified atom stereocenters. The molecule has 0 fully saturated rings. The summed E-state index contributed by atoms with van der Waals surface area (Å²) in [5, 5.41) is 6.58. The van der Waals surface area contributed by atoms with Crippen molar-refractivity contribution in [2.75, 3.05) is 26.3 Å². The van der Waals surface area contributed by atoms with Gasteiger partial charge in [0.1, 0.15) is 5.76 Å². The molecule has 0 radical (unpaired) electrons. The molecule has 0 amide bonds. The fourth-order valence-electron chi connectivity index (χ4n) is 2.58. The van der Waals surface area contributed by atoms with Crippen molar-refractivity contribution in [1.29, 1.82) is 0 Å². The zero-order valence-electron chi connectivity index (χ0n) is 14.6. The van der Waals surface area contributed by atoms with Crippen LogP contribution in [0.2, 0.25) is 0 Å². The predicted molar refractivity (Wildman–Crippen MR) is 97.3 cm³/mol. The van der Waals surface area contributed by atoms with Crippen LogP contribution >= 0.6 is 0 Å². The van der Waals surface area contributed by atoms with Crippen LogP contribution in [0.1, 0.15) is 24.7 Å². The Labute approximate surface area is 148 Å². The smallest absolute Gasteiger partial charge is 0.191 e. The molecule has 6 heteroatoms. The lowest BCUT2D eigenvalue weighted by atomic mass is 10.2. The lowest BCUT2D eigenvalue weighted by Gasteiger charge is -2.11. The van der Waals surface area contributed by atoms with Gasteiger partial charge in [-0.2, -0.15) is 0 Å². The van der Waals surface area contributed by atoms with E-state index in [-0.39, 0.29) is 0 Å². The van der Waals surface area contributed by atoms with Gasteiger partial charge in [-0.15, -0.1) is 0 Å². The van der Waals surface area contributed by atoms with E-state index in [1.54, 1.807) is 6.26 Å². The number of rotatable bonds is 6. The zero-order chi connectivity index (χ0) is 17.3. The molecule has 25 heavy (non-hydrogen) atoms. The lowest BCUT2D eigenvalue weighted by Crippen LogP contribution is -2.38. The van der Waals surface area contributed by atoms with Gasteiger partial charge in [0.2, 0.25) is 0 Å². The number of nitrogens with one attached hydrogen (secondary N) is 2. The van der Waals surface area contributed by atoms with Gasteiger partial charge in [-0.25, -0.2) is 4.99 Å². The molecule has 0 saturated heterocycles. The van der Waals surface area contributed by atoms with Crippen molar-refractivity contribution >= 4 is 5.96 Å². The summed E-state index contributed by atoms with van der Waals surface area (Å²) in [5.74, 6) is 3.38. The first-order valence-electron chi connectivity index (χ1n) is 8.78. The van der Waals surface area contributed by atoms with Crippen molar-refractivity contribution in [3.63, 3.8) is 0 Å². The Bertz CT molecular complexity index is 683. The molecule has 2 heterocycles. The van der Waals surface area contributed by atoms with Gasteiger partial charge in [-0.05, 0) is 36.8 Å². The van der Waals surface area contributed by atoms with E-state index in [0.29, 0.717) is 19.8 Å². The van der Waals surface area contributed by atoms with E-state index in [4.69, 9.17) is 13.9 Å². The average Bonchev–Trinajstić information content (AvgIpc) is 3.03. The van der Waals surface area contributed by atoms with E-state index in [0.717, 1.165) is 54.7 Å². The number of ether oxygens (including phenoxy) is 2. The van der Waals surface area contributed by atoms with Gasteiger partial charge in [0.15, 0.2) is 17.5 Å². The molecular formula is C19H25N3O3. The largest absolute Gasteiger partial charge is 0.490 e. The third-order valence-electron chi connectivity index (χ3n) is 3.82. The third-order valence-corrected chi connectivity index (χ3v) is 3.82. The highest BCUT2D eigenvalue weighted by atomic mass is 16.5. The van der Waals surface area contributed by atoms with Crippen LogP contribution in [0, 0.1) is 0 Å². The molecule has 0 aliphatic carbocycles. The minimum Gasteiger partial charge on any atom is -0.490 e. The number of hydrogen-bond acceptors (Lipinski definition) is 4. The summed E-state index contributed by atoms with van der Waals surface area (Å²) < 4.78 is 16.7. The van der Waals surface area contributed by atoms with Gasteiger partial charge >= 0.3 is 0 Å². The van der Waals surface area contributed by atoms with Crippen molar-refractivity contribution in [1.82, 2.24) is 10.6 Å². The molecule has 0 bridgehead atoms. The molecule has 0 saturated carbocycles. The summed E-state index contributed by atoms with van der Waals surface area (Å²) in [6.45, 7) is 5.60. The van der Waals surface area contributed by atoms with Gasteiger partial charge in [0.05, 0.1) is 26.0 Å². The molecule has 1 aliphatic rings. The third kappa shape index (κ3) is 5.17. The first kappa shape index (κ1) is 17.2. The van der Waals surface area contributed by atoms with Crippen molar-refractivity contribution < 1.29 is 13.9 Å². The molecule has 1 aromatic heterocycles. The first-order chi connectivity index (χ1) is 12.3. The molecule has 2 N–H and O–H groups in total. The van der Waals surface area contributed by atoms with Crippen LogP contribution in [-0.2, 0) is 13.0 Å². The number of benzene rings is 1. The highest BCUT2D eigenvalue weighted by Crippen LogP contribution is 2.30. The van der Waals surface area contributed by atoms with Crippen LogP contribution in [0.15, 0.2) is 46.0 Å². The Balaban J connectivity index is 1.57. The van der Waals surface area contributed by atoms with Crippen LogP contribution in [-0.4, -0.2) is 32.3 Å². The van der Waals surface area contributed by atoms with Gasteiger partial charge in [0.25, 0.3) is 0 Å². The van der Waals surface area contributed by atoms with Gasteiger partial charge in [-0.3, -0.25) is 0 Å². The van der Waals surface area contributed by atoms with Crippen LogP contribution in [0.4, 0.5) is 0 Å². The molecule has 2 aromatic rings. The summed E-state index contributed by atoms with van der Waals surface area (Å²) >= 11 is 0. The molecule has 6 nitrogen and oxygen atoms in total. The predicted octanol–water partition coefficient (Wildman–Crippen LogP) is 2.74. The second-order valence-electron chi connectivity index (χ2n) is 5.78. The van der Waals surface area contributed by atoms with Crippen LogP contribution in [0.3, 0.4) is 0 Å². The standard InChI is InChI=1S/C19H25N3O3/c1-2-20-19(21-9-8-16-5-3-10-23-16)22-14-15-6-7-17-18(13-15)25-12-4-11-24-17/h3,5-7,10,13H,2,4,8-9,11-12,14H2,1H3,(H2,20,21,22). The van der Waals surface area contributed by atoms with Crippen molar-refractivity contribution in [2.24, 2.45) is 4.99 Å². The second-order valence-corrected chi connectivity index (χ2v) is 5.78. The normalized spacial score (nSPS) is 14.0. The van der Waals surface area contributed by atoms with E-state index in [2.05, 4.69) is 22.5 Å². The molecule has 134 valence electrons. The maximum absolute atomic E-state index is 5.73. The minimum absolute atomic E-state index is 0.576. The second kappa shape index (κ2) is 9.01. The fourth-order valence-corrected chi connectivity index (χ4v) is 2.58. The molecule has 1 aromatic carbocycles. The first-order valence-corrected chi connectivity index (χ1v) is 8.78. The van der Waals surface area contributed by atoms with Crippen LogP contribution in [0.25, 0.3) is 0 Å². The average molecular weight is 343 g/mol. The number of fused-ring (bicyclic) bond motifs is 1. The Morgan fingerprint density at radius 2 is 2.00 bits per heavy atom. The monoisotopic (exact) mass is 343 g/mol. The van der Waals surface area contributed by atoms with Crippen molar-refractivity contribution in [3.8, 4) is 11.5 Å². The highest BCUT2D eigenvalue weighted by molar-refractivity contribution is 5.79. The molecule has 0 atom stereocenters. The van der Waals surface area contributed by atoms with Gasteiger partial charge in [-0.1, -0.05) is 6.07 Å². The minimum atomic E-state index is 0.576. The SMILES string of the molecule is CCNC(=NCc1ccc2c(c1)OCCCO2)NCCc1ccco1. The summed E-state index contributed by atoms with van der Waals surface area (Å²) in [6.07, 6.45) is 3.42. The van der Waals surface area contributed by atoms with Crippen LogP contribution in [0.5, 0.6) is 11.5 Å². The van der Waals surface area contributed by atoms with Crippen molar-refractivity contribution in [3.05, 3.63) is 47.9 Å². The quantitative estimate of drug-likeness (QED) is 0.623. The highest BCUT2D eigenvalue weighted by Gasteiger charge is 2.10. The molecule has 3 rings (SSSR count). The van der Waals surface area contributed by atoms with E-state index >= 15 is 0 Å². The van der Waals surface area contributed by atoms with Crippen molar-refractivity contribution in [2.45, 2.75) is 26.3 Å². The van der Waals surface area contributed by atoms with E-state index in [1.165, 1.54) is 0 Å². The maximum atomic E-state index is 5.73. The topological polar surface area (TPSA) is 68.0 Å².